The molecule has 2 nitrogen and oxygen atoms in total. The Morgan fingerprint density at radius 3 is 2.54 bits per heavy atom. The van der Waals surface area contributed by atoms with Crippen LogP contribution in [0.2, 0.25) is 0 Å². The standard InChI is InChI=1S/C7H6ClFO2S2/c1-12-6-3-2-5(9)4-7(6)13(8,10)11/h2-4H,1H3. The van der Waals surface area contributed by atoms with Crippen LogP contribution < -0.4 is 0 Å². The molecule has 0 saturated carbocycles. The second kappa shape index (κ2) is 3.86. The Hall–Kier alpha value is -0.260. The fourth-order valence-electron chi connectivity index (χ4n) is 0.841. The lowest BCUT2D eigenvalue weighted by molar-refractivity contribution is 0.599. The minimum Gasteiger partial charge on any atom is -0.207 e. The molecule has 0 saturated heterocycles. The van der Waals surface area contributed by atoms with Crippen molar-refractivity contribution in [2.75, 3.05) is 6.26 Å². The number of hydrogen-bond donors (Lipinski definition) is 0. The molecule has 6 heteroatoms. The van der Waals surface area contributed by atoms with Crippen molar-refractivity contribution in [3.63, 3.8) is 0 Å². The minimum absolute atomic E-state index is 0.179. The first-order chi connectivity index (χ1) is 5.95. The molecule has 0 amide bonds. The first-order valence-electron chi connectivity index (χ1n) is 3.23. The Kier molecular flexibility index (Phi) is 3.21. The fraction of sp³-hybridized carbons (Fsp3) is 0.143. The van der Waals surface area contributed by atoms with Gasteiger partial charge in [0.2, 0.25) is 0 Å². The average Bonchev–Trinajstić information content (AvgIpc) is 2.03. The van der Waals surface area contributed by atoms with Crippen LogP contribution in [-0.2, 0) is 9.05 Å². The largest absolute Gasteiger partial charge is 0.262 e. The van der Waals surface area contributed by atoms with E-state index < -0.39 is 14.9 Å². The molecular weight excluding hydrogens is 235 g/mol. The lowest BCUT2D eigenvalue weighted by atomic mass is 10.3. The Morgan fingerprint density at radius 2 is 2.08 bits per heavy atom. The Labute approximate surface area is 84.5 Å². The third kappa shape index (κ3) is 2.59. The number of rotatable bonds is 2. The van der Waals surface area contributed by atoms with Gasteiger partial charge in [-0.15, -0.1) is 11.8 Å². The number of hydrogen-bond acceptors (Lipinski definition) is 3. The summed E-state index contributed by atoms with van der Waals surface area (Å²) in [5.41, 5.74) is 0. The molecule has 72 valence electrons. The Balaban J connectivity index is 3.41. The van der Waals surface area contributed by atoms with Crippen LogP contribution in [0, 0.1) is 5.82 Å². The van der Waals surface area contributed by atoms with Gasteiger partial charge in [0.1, 0.15) is 5.82 Å². The molecule has 0 bridgehead atoms. The van der Waals surface area contributed by atoms with E-state index in [1.165, 1.54) is 23.9 Å². The summed E-state index contributed by atoms with van der Waals surface area (Å²) in [6.07, 6.45) is 1.69. The maximum Gasteiger partial charge on any atom is 0.262 e. The van der Waals surface area contributed by atoms with E-state index >= 15 is 0 Å². The average molecular weight is 241 g/mol. The van der Waals surface area contributed by atoms with Crippen molar-refractivity contribution in [2.45, 2.75) is 9.79 Å². The monoisotopic (exact) mass is 240 g/mol. The predicted octanol–water partition coefficient (Wildman–Crippen LogP) is 2.48. The first-order valence-corrected chi connectivity index (χ1v) is 6.77. The molecule has 0 aromatic heterocycles. The second-order valence-corrected chi connectivity index (χ2v) is 5.62. The van der Waals surface area contributed by atoms with Gasteiger partial charge in [-0.2, -0.15) is 0 Å². The topological polar surface area (TPSA) is 34.1 Å². The van der Waals surface area contributed by atoms with E-state index in [0.29, 0.717) is 4.90 Å². The molecule has 0 unspecified atom stereocenters. The highest BCUT2D eigenvalue weighted by Crippen LogP contribution is 2.27. The van der Waals surface area contributed by atoms with Crippen molar-refractivity contribution in [3.8, 4) is 0 Å². The molecule has 0 atom stereocenters. The SMILES string of the molecule is CSc1ccc(F)cc1S(=O)(=O)Cl. The van der Waals surface area contributed by atoms with E-state index in [-0.39, 0.29) is 4.90 Å². The van der Waals surface area contributed by atoms with Crippen LogP contribution in [-0.4, -0.2) is 14.7 Å². The van der Waals surface area contributed by atoms with Crippen LogP contribution in [0.15, 0.2) is 28.0 Å². The summed E-state index contributed by atoms with van der Waals surface area (Å²) in [4.78, 5) is 0.262. The minimum atomic E-state index is -3.86. The van der Waals surface area contributed by atoms with Crippen LogP contribution in [0.5, 0.6) is 0 Å². The highest BCUT2D eigenvalue weighted by molar-refractivity contribution is 8.14. The quantitative estimate of drug-likeness (QED) is 0.588. The zero-order valence-corrected chi connectivity index (χ0v) is 9.01. The Bertz CT molecular complexity index is 417. The van der Waals surface area contributed by atoms with E-state index in [0.717, 1.165) is 6.07 Å². The number of halogens is 2. The summed E-state index contributed by atoms with van der Waals surface area (Å²) in [5.74, 6) is -0.614. The number of thioether (sulfide) groups is 1. The summed E-state index contributed by atoms with van der Waals surface area (Å²) in [6, 6.07) is 3.49. The summed E-state index contributed by atoms with van der Waals surface area (Å²) in [6.45, 7) is 0. The lowest BCUT2D eigenvalue weighted by Gasteiger charge is -2.02. The van der Waals surface area contributed by atoms with E-state index in [1.54, 1.807) is 6.26 Å². The molecule has 0 aliphatic heterocycles. The van der Waals surface area contributed by atoms with Crippen LogP contribution in [0.4, 0.5) is 4.39 Å². The molecule has 1 aromatic rings. The van der Waals surface area contributed by atoms with E-state index in [9.17, 15) is 12.8 Å². The van der Waals surface area contributed by atoms with Crippen molar-refractivity contribution in [3.05, 3.63) is 24.0 Å². The molecule has 0 spiro atoms. The summed E-state index contributed by atoms with van der Waals surface area (Å²) in [5, 5.41) is 0. The summed E-state index contributed by atoms with van der Waals surface area (Å²) < 4.78 is 34.6. The van der Waals surface area contributed by atoms with Crippen LogP contribution in [0.3, 0.4) is 0 Å². The lowest BCUT2D eigenvalue weighted by Crippen LogP contribution is -1.94. The molecular formula is C7H6ClFO2S2. The van der Waals surface area contributed by atoms with Crippen molar-refractivity contribution < 1.29 is 12.8 Å². The highest BCUT2D eigenvalue weighted by Gasteiger charge is 2.15. The highest BCUT2D eigenvalue weighted by atomic mass is 35.7. The van der Waals surface area contributed by atoms with Gasteiger partial charge in [-0.25, -0.2) is 12.8 Å². The van der Waals surface area contributed by atoms with Gasteiger partial charge in [0.15, 0.2) is 0 Å². The summed E-state index contributed by atoms with van der Waals surface area (Å²) in [7, 11) is 1.25. The van der Waals surface area contributed by atoms with Crippen molar-refractivity contribution in [1.82, 2.24) is 0 Å². The van der Waals surface area contributed by atoms with Crippen LogP contribution in [0.1, 0.15) is 0 Å². The first kappa shape index (κ1) is 10.8. The molecule has 1 rings (SSSR count). The smallest absolute Gasteiger partial charge is 0.207 e. The molecule has 0 aliphatic carbocycles. The summed E-state index contributed by atoms with van der Waals surface area (Å²) >= 11 is 1.20. The maximum absolute atomic E-state index is 12.7. The molecule has 0 aliphatic rings. The van der Waals surface area contributed by atoms with Gasteiger partial charge in [-0.05, 0) is 24.5 Å². The van der Waals surface area contributed by atoms with Gasteiger partial charge in [0, 0.05) is 15.6 Å². The molecule has 0 N–H and O–H groups in total. The van der Waals surface area contributed by atoms with Gasteiger partial charge in [0.05, 0.1) is 4.90 Å². The van der Waals surface area contributed by atoms with Gasteiger partial charge in [-0.1, -0.05) is 0 Å². The maximum atomic E-state index is 12.7. The van der Waals surface area contributed by atoms with E-state index in [2.05, 4.69) is 0 Å². The normalized spacial score (nSPS) is 11.6. The second-order valence-electron chi connectivity index (χ2n) is 2.23. The molecule has 0 radical (unpaired) electrons. The molecule has 0 fully saturated rings. The molecule has 13 heavy (non-hydrogen) atoms. The predicted molar refractivity (Wildman–Crippen MR) is 51.2 cm³/mol. The van der Waals surface area contributed by atoms with Crippen molar-refractivity contribution >= 4 is 31.5 Å². The molecule has 1 aromatic carbocycles. The number of benzene rings is 1. The Morgan fingerprint density at radius 1 is 1.46 bits per heavy atom. The van der Waals surface area contributed by atoms with Gasteiger partial charge in [0.25, 0.3) is 9.05 Å². The van der Waals surface area contributed by atoms with Gasteiger partial charge in [-0.3, -0.25) is 0 Å². The zero-order valence-electron chi connectivity index (χ0n) is 6.62. The van der Waals surface area contributed by atoms with E-state index in [4.69, 9.17) is 10.7 Å². The van der Waals surface area contributed by atoms with E-state index in [1.807, 2.05) is 0 Å². The fourth-order valence-corrected chi connectivity index (χ4v) is 2.97. The van der Waals surface area contributed by atoms with Crippen molar-refractivity contribution in [1.29, 1.82) is 0 Å². The van der Waals surface area contributed by atoms with Crippen molar-refractivity contribution in [2.24, 2.45) is 0 Å². The third-order valence-electron chi connectivity index (χ3n) is 1.39. The van der Waals surface area contributed by atoms with Gasteiger partial charge < -0.3 is 0 Å². The zero-order chi connectivity index (χ0) is 10.1. The van der Waals surface area contributed by atoms with Crippen LogP contribution in [0.25, 0.3) is 0 Å². The van der Waals surface area contributed by atoms with Crippen LogP contribution >= 0.6 is 22.4 Å². The molecule has 0 heterocycles. The third-order valence-corrected chi connectivity index (χ3v) is 3.68. The van der Waals surface area contributed by atoms with Gasteiger partial charge >= 0.3 is 0 Å².